The van der Waals surface area contributed by atoms with Gasteiger partial charge in [0, 0.05) is 19.8 Å². The van der Waals surface area contributed by atoms with E-state index in [0.717, 1.165) is 22.5 Å². The zero-order valence-corrected chi connectivity index (χ0v) is 13.3. The lowest BCUT2D eigenvalue weighted by molar-refractivity contribution is 0.0985. The van der Waals surface area contributed by atoms with Crippen LogP contribution in [0.15, 0.2) is 18.2 Å². The first-order valence-corrected chi connectivity index (χ1v) is 7.02. The van der Waals surface area contributed by atoms with Crippen molar-refractivity contribution in [3.05, 3.63) is 40.7 Å². The van der Waals surface area contributed by atoms with Crippen molar-refractivity contribution in [2.45, 2.75) is 27.2 Å². The van der Waals surface area contributed by atoms with Gasteiger partial charge in [0.15, 0.2) is 0 Å². The Morgan fingerprint density at radius 2 is 1.86 bits per heavy atom. The molecular weight excluding hydrogens is 264 g/mol. The third kappa shape index (κ3) is 2.77. The maximum Gasteiger partial charge on any atom is 0.278 e. The van der Waals surface area contributed by atoms with Gasteiger partial charge in [0.2, 0.25) is 0 Å². The molecule has 1 aromatic heterocycles. The van der Waals surface area contributed by atoms with Gasteiger partial charge in [-0.05, 0) is 43.5 Å². The Morgan fingerprint density at radius 3 is 2.33 bits per heavy atom. The van der Waals surface area contributed by atoms with Gasteiger partial charge in [-0.1, -0.05) is 13.0 Å². The molecule has 5 heteroatoms. The van der Waals surface area contributed by atoms with Gasteiger partial charge in [0.05, 0.1) is 11.4 Å². The Morgan fingerprint density at radius 1 is 1.29 bits per heavy atom. The lowest BCUT2D eigenvalue weighted by atomic mass is 10.1. The number of benzene rings is 1. The highest BCUT2D eigenvalue weighted by Crippen LogP contribution is 2.23. The van der Waals surface area contributed by atoms with Crippen LogP contribution >= 0.6 is 0 Å². The lowest BCUT2D eigenvalue weighted by Gasteiger charge is -2.19. The molecule has 0 saturated heterocycles. The van der Waals surface area contributed by atoms with Gasteiger partial charge in [0.1, 0.15) is 5.69 Å². The predicted molar refractivity (Wildman–Crippen MR) is 85.6 cm³/mol. The van der Waals surface area contributed by atoms with Crippen molar-refractivity contribution in [1.82, 2.24) is 9.78 Å². The Hall–Kier alpha value is -2.30. The highest BCUT2D eigenvalue weighted by atomic mass is 16.2. The second-order valence-corrected chi connectivity index (χ2v) is 5.40. The van der Waals surface area contributed by atoms with E-state index in [4.69, 9.17) is 5.73 Å². The molecule has 0 aliphatic heterocycles. The number of amides is 1. The summed E-state index contributed by atoms with van der Waals surface area (Å²) in [6.07, 6.45) is 0.709. The minimum atomic E-state index is -0.146. The van der Waals surface area contributed by atoms with Crippen LogP contribution in [0.5, 0.6) is 0 Å². The largest absolute Gasteiger partial charge is 0.395 e. The first-order valence-electron chi connectivity index (χ1n) is 7.02. The molecule has 0 aliphatic carbocycles. The Balaban J connectivity index is 2.42. The van der Waals surface area contributed by atoms with E-state index < -0.39 is 0 Å². The van der Waals surface area contributed by atoms with Crippen LogP contribution in [0.2, 0.25) is 0 Å². The fourth-order valence-corrected chi connectivity index (χ4v) is 2.53. The minimum Gasteiger partial charge on any atom is -0.395 e. The minimum absolute atomic E-state index is 0.146. The normalized spacial score (nSPS) is 10.7. The molecule has 0 fully saturated rings. The molecule has 1 amide bonds. The maximum absolute atomic E-state index is 12.7. The topological polar surface area (TPSA) is 64.2 Å². The summed E-state index contributed by atoms with van der Waals surface area (Å²) in [6, 6.07) is 6.05. The summed E-state index contributed by atoms with van der Waals surface area (Å²) in [5.41, 5.74) is 10.8. The summed E-state index contributed by atoms with van der Waals surface area (Å²) in [4.78, 5) is 14.3. The van der Waals surface area contributed by atoms with Crippen LogP contribution in [-0.2, 0) is 13.5 Å². The molecule has 5 nitrogen and oxygen atoms in total. The van der Waals surface area contributed by atoms with Gasteiger partial charge >= 0.3 is 0 Å². The van der Waals surface area contributed by atoms with Crippen molar-refractivity contribution in [1.29, 1.82) is 0 Å². The second kappa shape index (κ2) is 5.60. The molecular formula is C16H22N4O. The Kier molecular flexibility index (Phi) is 4.02. The monoisotopic (exact) mass is 286 g/mol. The number of carbonyl (C=O) groups is 1. The number of carbonyl (C=O) groups excluding carboxylic acids is 1. The molecule has 0 atom stereocenters. The van der Waals surface area contributed by atoms with Crippen LogP contribution < -0.4 is 10.6 Å². The lowest BCUT2D eigenvalue weighted by Crippen LogP contribution is -2.29. The molecule has 0 aliphatic rings. The first kappa shape index (κ1) is 15.1. The van der Waals surface area contributed by atoms with E-state index in [1.165, 1.54) is 0 Å². The summed E-state index contributed by atoms with van der Waals surface area (Å²) >= 11 is 0. The number of aryl methyl sites for hydroxylation is 4. The number of nitrogen functional groups attached to an aromatic ring is 1. The zero-order chi connectivity index (χ0) is 15.7. The average Bonchev–Trinajstić information content (AvgIpc) is 2.70. The van der Waals surface area contributed by atoms with Crippen molar-refractivity contribution < 1.29 is 4.79 Å². The Bertz CT molecular complexity index is 668. The number of rotatable bonds is 3. The molecule has 0 bridgehead atoms. The molecule has 21 heavy (non-hydrogen) atoms. The first-order chi connectivity index (χ1) is 9.85. The van der Waals surface area contributed by atoms with Crippen molar-refractivity contribution >= 4 is 17.3 Å². The van der Waals surface area contributed by atoms with Crippen LogP contribution in [0.3, 0.4) is 0 Å². The quantitative estimate of drug-likeness (QED) is 0.942. The summed E-state index contributed by atoms with van der Waals surface area (Å²) in [7, 11) is 3.51. The second-order valence-electron chi connectivity index (χ2n) is 5.40. The molecule has 1 aromatic carbocycles. The van der Waals surface area contributed by atoms with E-state index in [1.807, 2.05) is 32.9 Å². The number of anilines is 2. The number of hydrogen-bond acceptors (Lipinski definition) is 3. The SMILES string of the molecule is CCc1nn(C)c(C(=O)N(C)c2cc(C)cc(C)c2)c1N. The Labute approximate surface area is 125 Å². The van der Waals surface area contributed by atoms with E-state index in [9.17, 15) is 4.79 Å². The van der Waals surface area contributed by atoms with E-state index in [2.05, 4.69) is 11.2 Å². The summed E-state index contributed by atoms with van der Waals surface area (Å²) in [5, 5.41) is 4.31. The zero-order valence-electron chi connectivity index (χ0n) is 13.3. The van der Waals surface area contributed by atoms with Crippen LogP contribution in [0, 0.1) is 13.8 Å². The number of nitrogens with zero attached hydrogens (tertiary/aromatic N) is 3. The van der Waals surface area contributed by atoms with Gasteiger partial charge < -0.3 is 10.6 Å². The van der Waals surface area contributed by atoms with Crippen molar-refractivity contribution in [3.63, 3.8) is 0 Å². The van der Waals surface area contributed by atoms with Crippen LogP contribution in [-0.4, -0.2) is 22.7 Å². The number of aromatic nitrogens is 2. The van der Waals surface area contributed by atoms with Crippen molar-refractivity contribution in [2.75, 3.05) is 17.7 Å². The van der Waals surface area contributed by atoms with Gasteiger partial charge in [-0.3, -0.25) is 9.48 Å². The van der Waals surface area contributed by atoms with E-state index in [1.54, 1.807) is 23.7 Å². The van der Waals surface area contributed by atoms with Crippen LogP contribution in [0.4, 0.5) is 11.4 Å². The third-order valence-electron chi connectivity index (χ3n) is 3.60. The van der Waals surface area contributed by atoms with E-state index >= 15 is 0 Å². The highest BCUT2D eigenvalue weighted by Gasteiger charge is 2.23. The summed E-state index contributed by atoms with van der Waals surface area (Å²) in [6.45, 7) is 6.01. The summed E-state index contributed by atoms with van der Waals surface area (Å²) in [5.74, 6) is -0.146. The smallest absolute Gasteiger partial charge is 0.278 e. The molecule has 2 N–H and O–H groups in total. The highest BCUT2D eigenvalue weighted by molar-refractivity contribution is 6.08. The van der Waals surface area contributed by atoms with Gasteiger partial charge in [0.25, 0.3) is 5.91 Å². The molecule has 2 aromatic rings. The standard InChI is InChI=1S/C16H22N4O/c1-6-13-14(17)15(20(5)18-13)16(21)19(4)12-8-10(2)7-11(3)9-12/h7-9H,6,17H2,1-5H3. The van der Waals surface area contributed by atoms with Gasteiger partial charge in [-0.25, -0.2) is 0 Å². The molecule has 0 saturated carbocycles. The van der Waals surface area contributed by atoms with Gasteiger partial charge in [-0.15, -0.1) is 0 Å². The number of hydrogen-bond donors (Lipinski definition) is 1. The fourth-order valence-electron chi connectivity index (χ4n) is 2.53. The molecule has 2 rings (SSSR count). The fraction of sp³-hybridized carbons (Fsp3) is 0.375. The van der Waals surface area contributed by atoms with E-state index in [-0.39, 0.29) is 5.91 Å². The van der Waals surface area contributed by atoms with Gasteiger partial charge in [-0.2, -0.15) is 5.10 Å². The molecule has 0 spiro atoms. The summed E-state index contributed by atoms with van der Waals surface area (Å²) < 4.78 is 1.57. The maximum atomic E-state index is 12.7. The van der Waals surface area contributed by atoms with Crippen LogP contribution in [0.1, 0.15) is 34.2 Å². The van der Waals surface area contributed by atoms with Crippen molar-refractivity contribution in [3.8, 4) is 0 Å². The van der Waals surface area contributed by atoms with Crippen LogP contribution in [0.25, 0.3) is 0 Å². The molecule has 0 radical (unpaired) electrons. The predicted octanol–water partition coefficient (Wildman–Crippen LogP) is 2.46. The third-order valence-corrected chi connectivity index (χ3v) is 3.60. The van der Waals surface area contributed by atoms with Crippen molar-refractivity contribution in [2.24, 2.45) is 7.05 Å². The van der Waals surface area contributed by atoms with E-state index in [0.29, 0.717) is 17.8 Å². The number of nitrogens with two attached hydrogens (primary N) is 1. The molecule has 112 valence electrons. The average molecular weight is 286 g/mol. The molecule has 0 unspecified atom stereocenters. The molecule has 1 heterocycles.